The van der Waals surface area contributed by atoms with Gasteiger partial charge in [-0.15, -0.1) is 0 Å². The summed E-state index contributed by atoms with van der Waals surface area (Å²) in [5.74, 6) is 1.62. The highest BCUT2D eigenvalue weighted by molar-refractivity contribution is 6.01. The highest BCUT2D eigenvalue weighted by atomic mass is 16.5. The first-order valence-electron chi connectivity index (χ1n) is 12.4. The number of urea groups is 1. The molecule has 0 bridgehead atoms. The Labute approximate surface area is 216 Å². The van der Waals surface area contributed by atoms with Gasteiger partial charge in [-0.05, 0) is 87.7 Å². The first kappa shape index (κ1) is 24.3. The zero-order valence-corrected chi connectivity index (χ0v) is 21.7. The summed E-state index contributed by atoms with van der Waals surface area (Å²) >= 11 is 0. The summed E-state index contributed by atoms with van der Waals surface area (Å²) in [6.45, 7) is 10.6. The Morgan fingerprint density at radius 3 is 2.35 bits per heavy atom. The van der Waals surface area contributed by atoms with Gasteiger partial charge in [0, 0.05) is 11.3 Å². The van der Waals surface area contributed by atoms with Crippen LogP contribution in [-0.2, 0) is 0 Å². The summed E-state index contributed by atoms with van der Waals surface area (Å²) in [6.07, 6.45) is 0. The van der Waals surface area contributed by atoms with Gasteiger partial charge in [-0.1, -0.05) is 41.1 Å². The molecule has 0 saturated heterocycles. The normalized spacial score (nSPS) is 15.6. The number of allylic oxidation sites excluding steroid dienone is 1. The fraction of sp³-hybridized carbons (Fsp3) is 0.233. The Balaban J connectivity index is 1.61. The number of aromatic nitrogens is 2. The van der Waals surface area contributed by atoms with Crippen molar-refractivity contribution < 1.29 is 14.1 Å². The van der Waals surface area contributed by atoms with E-state index in [9.17, 15) is 4.79 Å². The summed E-state index contributed by atoms with van der Waals surface area (Å²) in [6, 6.07) is 21.0. The van der Waals surface area contributed by atoms with E-state index in [-0.39, 0.29) is 6.03 Å². The predicted octanol–water partition coefficient (Wildman–Crippen LogP) is 6.76. The average Bonchev–Trinajstić information content (AvgIpc) is 3.37. The number of amides is 2. The number of hydrogen-bond acceptors (Lipinski definition) is 5. The number of ether oxygens (including phenoxy) is 1. The van der Waals surface area contributed by atoms with E-state index in [4.69, 9.17) is 14.2 Å². The molecule has 188 valence electrons. The second kappa shape index (κ2) is 9.93. The van der Waals surface area contributed by atoms with Crippen LogP contribution in [0.2, 0.25) is 0 Å². The van der Waals surface area contributed by atoms with Crippen molar-refractivity contribution in [3.05, 3.63) is 101 Å². The molecule has 1 N–H and O–H groups in total. The molecule has 0 fully saturated rings. The van der Waals surface area contributed by atoms with Crippen LogP contribution in [0.3, 0.4) is 0 Å². The maximum absolute atomic E-state index is 13.4. The fourth-order valence-electron chi connectivity index (χ4n) is 4.54. The van der Waals surface area contributed by atoms with Crippen molar-refractivity contribution in [2.75, 3.05) is 11.5 Å². The molecule has 0 aliphatic carbocycles. The molecular formula is C30H30N4O3. The predicted molar refractivity (Wildman–Crippen MR) is 144 cm³/mol. The van der Waals surface area contributed by atoms with Crippen LogP contribution < -0.4 is 15.0 Å². The third-order valence-corrected chi connectivity index (χ3v) is 6.72. The lowest BCUT2D eigenvalue weighted by Gasteiger charge is -2.35. The van der Waals surface area contributed by atoms with Crippen molar-refractivity contribution in [2.45, 2.75) is 40.7 Å². The Morgan fingerprint density at radius 1 is 0.946 bits per heavy atom. The van der Waals surface area contributed by atoms with Gasteiger partial charge in [0.2, 0.25) is 5.82 Å². The molecule has 1 atom stereocenters. The van der Waals surface area contributed by atoms with E-state index in [0.717, 1.165) is 45.0 Å². The zero-order valence-electron chi connectivity index (χ0n) is 21.7. The molecule has 1 aliphatic heterocycles. The van der Waals surface area contributed by atoms with Crippen LogP contribution >= 0.6 is 0 Å². The van der Waals surface area contributed by atoms with Crippen molar-refractivity contribution in [1.29, 1.82) is 0 Å². The minimum Gasteiger partial charge on any atom is -0.494 e. The van der Waals surface area contributed by atoms with E-state index in [2.05, 4.69) is 36.5 Å². The molecular weight excluding hydrogens is 464 g/mol. The molecule has 7 heteroatoms. The lowest BCUT2D eigenvalue weighted by atomic mass is 9.92. The molecule has 0 saturated carbocycles. The van der Waals surface area contributed by atoms with Gasteiger partial charge >= 0.3 is 6.03 Å². The van der Waals surface area contributed by atoms with Crippen LogP contribution in [0, 0.1) is 20.8 Å². The van der Waals surface area contributed by atoms with Crippen LogP contribution in [0.15, 0.2) is 77.0 Å². The molecule has 0 spiro atoms. The number of carbonyl (C=O) groups excluding carboxylic acids is 1. The van der Waals surface area contributed by atoms with Gasteiger partial charge in [0.05, 0.1) is 23.9 Å². The quantitative estimate of drug-likeness (QED) is 0.320. The number of anilines is 1. The molecule has 0 radical (unpaired) electrons. The van der Waals surface area contributed by atoms with Crippen LogP contribution in [0.4, 0.5) is 10.5 Å². The molecule has 4 aromatic rings. The third-order valence-electron chi connectivity index (χ3n) is 6.72. The molecule has 1 aromatic heterocycles. The lowest BCUT2D eigenvalue weighted by Crippen LogP contribution is -2.46. The molecule has 7 nitrogen and oxygen atoms in total. The molecule has 3 aromatic carbocycles. The first-order valence-corrected chi connectivity index (χ1v) is 12.4. The smallest absolute Gasteiger partial charge is 0.326 e. The first-order chi connectivity index (χ1) is 17.9. The number of hydrogen-bond donors (Lipinski definition) is 1. The van der Waals surface area contributed by atoms with E-state index in [1.54, 1.807) is 4.90 Å². The van der Waals surface area contributed by atoms with Gasteiger partial charge in [0.1, 0.15) is 5.75 Å². The molecule has 1 aliphatic rings. The third kappa shape index (κ3) is 4.72. The minimum absolute atomic E-state index is 0.209. The van der Waals surface area contributed by atoms with Gasteiger partial charge in [-0.3, -0.25) is 4.90 Å². The van der Waals surface area contributed by atoms with E-state index in [1.165, 1.54) is 5.56 Å². The van der Waals surface area contributed by atoms with Crippen molar-refractivity contribution in [3.8, 4) is 17.1 Å². The number of carbonyl (C=O) groups is 1. The van der Waals surface area contributed by atoms with Crippen molar-refractivity contribution >= 4 is 17.3 Å². The van der Waals surface area contributed by atoms with E-state index < -0.39 is 6.04 Å². The summed E-state index contributed by atoms with van der Waals surface area (Å²) in [5, 5.41) is 7.44. The topological polar surface area (TPSA) is 80.5 Å². The number of benzene rings is 3. The SMILES string of the molecule is CCOc1ccc(-c2noc(C3=C(C)N(c4ccc(C)cc4)C(=O)NC3c3ccc(C)c(C)c3)n2)cc1. The second-order valence-electron chi connectivity index (χ2n) is 9.28. The summed E-state index contributed by atoms with van der Waals surface area (Å²) in [4.78, 5) is 19.8. The van der Waals surface area contributed by atoms with E-state index >= 15 is 0 Å². The molecule has 1 unspecified atom stereocenters. The lowest BCUT2D eigenvalue weighted by molar-refractivity contribution is 0.244. The second-order valence-corrected chi connectivity index (χ2v) is 9.28. The van der Waals surface area contributed by atoms with Crippen LogP contribution in [0.5, 0.6) is 5.75 Å². The van der Waals surface area contributed by atoms with Gasteiger partial charge in [0.15, 0.2) is 0 Å². The molecule has 2 amide bonds. The summed E-state index contributed by atoms with van der Waals surface area (Å²) in [5.41, 5.74) is 7.47. The van der Waals surface area contributed by atoms with Gasteiger partial charge in [0.25, 0.3) is 5.89 Å². The molecule has 2 heterocycles. The monoisotopic (exact) mass is 494 g/mol. The van der Waals surface area contributed by atoms with Gasteiger partial charge < -0.3 is 14.6 Å². The number of nitrogens with one attached hydrogen (secondary N) is 1. The highest BCUT2D eigenvalue weighted by Gasteiger charge is 2.36. The number of rotatable bonds is 6. The summed E-state index contributed by atoms with van der Waals surface area (Å²) < 4.78 is 11.4. The molecule has 5 rings (SSSR count). The van der Waals surface area contributed by atoms with E-state index in [0.29, 0.717) is 18.3 Å². The largest absolute Gasteiger partial charge is 0.494 e. The Kier molecular flexibility index (Phi) is 6.53. The number of aryl methyl sites for hydroxylation is 3. The zero-order chi connectivity index (χ0) is 26.1. The van der Waals surface area contributed by atoms with E-state index in [1.807, 2.05) is 75.4 Å². The molecule has 37 heavy (non-hydrogen) atoms. The highest BCUT2D eigenvalue weighted by Crippen LogP contribution is 2.39. The van der Waals surface area contributed by atoms with Gasteiger partial charge in [-0.25, -0.2) is 4.79 Å². The van der Waals surface area contributed by atoms with Gasteiger partial charge in [-0.2, -0.15) is 4.98 Å². The standard InChI is InChI=1S/C30H30N4O3/c1-6-36-25-15-11-22(12-16-25)28-32-29(37-33-28)26-21(5)34(24-13-7-18(2)8-14-24)30(35)31-27(26)23-10-9-19(3)20(4)17-23/h7-17,27H,6H2,1-5H3,(H,31,35). The fourth-order valence-corrected chi connectivity index (χ4v) is 4.54. The average molecular weight is 495 g/mol. The van der Waals surface area contributed by atoms with Crippen molar-refractivity contribution in [1.82, 2.24) is 15.5 Å². The number of nitrogens with zero attached hydrogens (tertiary/aromatic N) is 3. The van der Waals surface area contributed by atoms with Crippen molar-refractivity contribution in [2.24, 2.45) is 0 Å². The van der Waals surface area contributed by atoms with Crippen LogP contribution in [0.1, 0.15) is 48.0 Å². The minimum atomic E-state index is -0.442. The Morgan fingerprint density at radius 2 is 1.68 bits per heavy atom. The van der Waals surface area contributed by atoms with Crippen molar-refractivity contribution in [3.63, 3.8) is 0 Å². The maximum Gasteiger partial charge on any atom is 0.326 e. The Bertz CT molecular complexity index is 1470. The summed E-state index contributed by atoms with van der Waals surface area (Å²) in [7, 11) is 0. The Hall–Kier alpha value is -4.39. The van der Waals surface area contributed by atoms with Crippen LogP contribution in [-0.4, -0.2) is 22.8 Å². The maximum atomic E-state index is 13.4. The van der Waals surface area contributed by atoms with Crippen LogP contribution in [0.25, 0.3) is 17.0 Å².